The number of nitrogens with two attached hydrogens (primary N) is 1. The maximum atomic E-state index is 13.2. The molecule has 5 heteroatoms. The van der Waals surface area contributed by atoms with Crippen molar-refractivity contribution in [1.82, 2.24) is 9.80 Å². The Hall–Kier alpha value is -1.04. The molecule has 0 atom stereocenters. The molecule has 1 aromatic carbocycles. The Labute approximate surface area is 113 Å². The zero-order valence-corrected chi connectivity index (χ0v) is 11.1. The quantitative estimate of drug-likeness (QED) is 0.877. The summed E-state index contributed by atoms with van der Waals surface area (Å²) in [6, 6.07) is 10.2. The van der Waals surface area contributed by atoms with Gasteiger partial charge in [0.2, 0.25) is 0 Å². The third kappa shape index (κ3) is 4.53. The summed E-state index contributed by atoms with van der Waals surface area (Å²) in [4.78, 5) is 4.10. The minimum atomic E-state index is -2.76. The van der Waals surface area contributed by atoms with Gasteiger partial charge in [0.25, 0.3) is 5.92 Å². The zero-order valence-electron chi connectivity index (χ0n) is 11.1. The smallest absolute Gasteiger partial charge is 0.272 e. The maximum Gasteiger partial charge on any atom is 0.272 e. The van der Waals surface area contributed by atoms with Crippen LogP contribution < -0.4 is 5.73 Å². The predicted molar refractivity (Wildman–Crippen MR) is 72.2 cm³/mol. The molecule has 0 radical (unpaired) electrons. The number of nitrogens with zero attached hydrogens (tertiary/aromatic N) is 2. The standard InChI is InChI=1S/C14H21F2N3/c15-14(16,11-17)12-19-8-6-18(7-9-19)10-13-4-2-1-3-5-13/h1-5H,6-12,17H2. The van der Waals surface area contributed by atoms with Crippen LogP contribution in [0.25, 0.3) is 0 Å². The number of benzene rings is 1. The first-order chi connectivity index (χ1) is 9.09. The highest BCUT2D eigenvalue weighted by molar-refractivity contribution is 5.14. The first kappa shape index (κ1) is 14.4. The molecular weight excluding hydrogens is 248 g/mol. The van der Waals surface area contributed by atoms with Crippen LogP contribution in [0, 0.1) is 0 Å². The van der Waals surface area contributed by atoms with Crippen LogP contribution in [0.3, 0.4) is 0 Å². The summed E-state index contributed by atoms with van der Waals surface area (Å²) in [7, 11) is 0. The van der Waals surface area contributed by atoms with E-state index in [0.717, 1.165) is 19.6 Å². The molecule has 0 unspecified atom stereocenters. The van der Waals surface area contributed by atoms with Crippen molar-refractivity contribution in [2.45, 2.75) is 12.5 Å². The molecule has 0 bridgehead atoms. The van der Waals surface area contributed by atoms with E-state index in [1.165, 1.54) is 5.56 Å². The van der Waals surface area contributed by atoms with Crippen LogP contribution in [0.2, 0.25) is 0 Å². The van der Waals surface area contributed by atoms with Crippen LogP contribution in [0.5, 0.6) is 0 Å². The molecule has 1 aromatic rings. The molecule has 1 fully saturated rings. The average Bonchev–Trinajstić information content (AvgIpc) is 2.42. The summed E-state index contributed by atoms with van der Waals surface area (Å²) in [5, 5.41) is 0. The summed E-state index contributed by atoms with van der Waals surface area (Å²) in [5.74, 6) is -2.76. The largest absolute Gasteiger partial charge is 0.325 e. The molecular formula is C14H21F2N3. The van der Waals surface area contributed by atoms with E-state index in [4.69, 9.17) is 5.73 Å². The molecule has 0 aliphatic carbocycles. The molecule has 0 saturated carbocycles. The third-order valence-electron chi connectivity index (χ3n) is 3.47. The fourth-order valence-corrected chi connectivity index (χ4v) is 2.34. The van der Waals surface area contributed by atoms with E-state index in [-0.39, 0.29) is 6.54 Å². The molecule has 19 heavy (non-hydrogen) atoms. The summed E-state index contributed by atoms with van der Waals surface area (Å²) < 4.78 is 26.4. The molecule has 0 spiro atoms. The molecule has 2 rings (SSSR count). The highest BCUT2D eigenvalue weighted by Gasteiger charge is 2.31. The summed E-state index contributed by atoms with van der Waals surface area (Å²) in [5.41, 5.74) is 6.33. The van der Waals surface area contributed by atoms with Crippen LogP contribution in [0.1, 0.15) is 5.56 Å². The van der Waals surface area contributed by atoms with Gasteiger partial charge in [-0.05, 0) is 5.56 Å². The van der Waals surface area contributed by atoms with Gasteiger partial charge in [-0.25, -0.2) is 8.78 Å². The number of piperazine rings is 1. The van der Waals surface area contributed by atoms with Gasteiger partial charge in [0, 0.05) is 32.7 Å². The topological polar surface area (TPSA) is 32.5 Å². The van der Waals surface area contributed by atoms with Crippen molar-refractivity contribution in [2.24, 2.45) is 5.73 Å². The van der Waals surface area contributed by atoms with Crippen molar-refractivity contribution in [3.8, 4) is 0 Å². The Balaban J connectivity index is 1.77. The van der Waals surface area contributed by atoms with Crippen LogP contribution in [0.15, 0.2) is 30.3 Å². The Bertz CT molecular complexity index is 376. The van der Waals surface area contributed by atoms with Gasteiger partial charge in [-0.2, -0.15) is 0 Å². The monoisotopic (exact) mass is 269 g/mol. The SMILES string of the molecule is NCC(F)(F)CN1CCN(Cc2ccccc2)CC1. The van der Waals surface area contributed by atoms with Crippen molar-refractivity contribution >= 4 is 0 Å². The first-order valence-corrected chi connectivity index (χ1v) is 6.65. The molecule has 0 amide bonds. The van der Waals surface area contributed by atoms with E-state index in [9.17, 15) is 8.78 Å². The summed E-state index contributed by atoms with van der Waals surface area (Å²) >= 11 is 0. The van der Waals surface area contributed by atoms with Gasteiger partial charge in [-0.3, -0.25) is 9.80 Å². The first-order valence-electron chi connectivity index (χ1n) is 6.65. The Morgan fingerprint density at radius 2 is 1.58 bits per heavy atom. The van der Waals surface area contributed by atoms with Crippen LogP contribution in [-0.4, -0.2) is 55.0 Å². The molecule has 0 aromatic heterocycles. The van der Waals surface area contributed by atoms with Crippen LogP contribution in [-0.2, 0) is 6.54 Å². The van der Waals surface area contributed by atoms with E-state index in [0.29, 0.717) is 13.1 Å². The average molecular weight is 269 g/mol. The minimum Gasteiger partial charge on any atom is -0.325 e. The lowest BCUT2D eigenvalue weighted by atomic mass is 10.2. The lowest BCUT2D eigenvalue weighted by Crippen LogP contribution is -2.51. The highest BCUT2D eigenvalue weighted by atomic mass is 19.3. The molecule has 1 aliphatic rings. The number of hydrogen-bond acceptors (Lipinski definition) is 3. The number of rotatable bonds is 5. The zero-order chi connectivity index (χ0) is 13.7. The second-order valence-electron chi connectivity index (χ2n) is 5.10. The van der Waals surface area contributed by atoms with Gasteiger partial charge in [0.1, 0.15) is 0 Å². The Morgan fingerprint density at radius 1 is 1.00 bits per heavy atom. The lowest BCUT2D eigenvalue weighted by Gasteiger charge is -2.36. The molecule has 2 N–H and O–H groups in total. The molecule has 1 heterocycles. The van der Waals surface area contributed by atoms with Gasteiger partial charge in [0.05, 0.1) is 13.1 Å². The van der Waals surface area contributed by atoms with Gasteiger partial charge in [-0.1, -0.05) is 30.3 Å². The van der Waals surface area contributed by atoms with E-state index < -0.39 is 12.5 Å². The van der Waals surface area contributed by atoms with E-state index >= 15 is 0 Å². The van der Waals surface area contributed by atoms with Crippen molar-refractivity contribution < 1.29 is 8.78 Å². The van der Waals surface area contributed by atoms with E-state index in [1.54, 1.807) is 4.90 Å². The van der Waals surface area contributed by atoms with Crippen LogP contribution >= 0.6 is 0 Å². The van der Waals surface area contributed by atoms with Crippen molar-refractivity contribution in [1.29, 1.82) is 0 Å². The fourth-order valence-electron chi connectivity index (χ4n) is 2.34. The Kier molecular flexibility index (Phi) is 4.85. The minimum absolute atomic E-state index is 0.220. The normalized spacial score (nSPS) is 18.7. The summed E-state index contributed by atoms with van der Waals surface area (Å²) in [6.45, 7) is 3.12. The maximum absolute atomic E-state index is 13.2. The van der Waals surface area contributed by atoms with Gasteiger partial charge in [0.15, 0.2) is 0 Å². The number of hydrogen-bond donors (Lipinski definition) is 1. The lowest BCUT2D eigenvalue weighted by molar-refractivity contribution is -0.0344. The molecule has 3 nitrogen and oxygen atoms in total. The number of halogens is 2. The van der Waals surface area contributed by atoms with Gasteiger partial charge >= 0.3 is 0 Å². The van der Waals surface area contributed by atoms with Crippen molar-refractivity contribution in [3.63, 3.8) is 0 Å². The van der Waals surface area contributed by atoms with E-state index in [1.807, 2.05) is 18.2 Å². The fraction of sp³-hybridized carbons (Fsp3) is 0.571. The predicted octanol–water partition coefficient (Wildman–Crippen LogP) is 1.40. The van der Waals surface area contributed by atoms with Crippen molar-refractivity contribution in [3.05, 3.63) is 35.9 Å². The highest BCUT2D eigenvalue weighted by Crippen LogP contribution is 2.15. The molecule has 1 saturated heterocycles. The van der Waals surface area contributed by atoms with Gasteiger partial charge in [-0.15, -0.1) is 0 Å². The second-order valence-corrected chi connectivity index (χ2v) is 5.10. The molecule has 1 aliphatic heterocycles. The second kappa shape index (κ2) is 6.41. The molecule has 106 valence electrons. The number of alkyl halides is 2. The van der Waals surface area contributed by atoms with Crippen molar-refractivity contribution in [2.75, 3.05) is 39.3 Å². The summed E-state index contributed by atoms with van der Waals surface area (Å²) in [6.07, 6.45) is 0. The Morgan fingerprint density at radius 3 is 2.16 bits per heavy atom. The van der Waals surface area contributed by atoms with Crippen LogP contribution in [0.4, 0.5) is 8.78 Å². The van der Waals surface area contributed by atoms with Gasteiger partial charge < -0.3 is 5.73 Å². The van der Waals surface area contributed by atoms with E-state index in [2.05, 4.69) is 17.0 Å². The third-order valence-corrected chi connectivity index (χ3v) is 3.47.